The average Bonchev–Trinajstić information content (AvgIpc) is 3.43. The van der Waals surface area contributed by atoms with Crippen molar-refractivity contribution < 1.29 is 0 Å². The summed E-state index contributed by atoms with van der Waals surface area (Å²) in [6, 6.07) is 43.2. The predicted octanol–water partition coefficient (Wildman–Crippen LogP) is 11.0. The standard InChI is InChI=1S/C42H27N3/c1-3-12-26(4-2)27-21-23-28(24-22-27)41-34-17-9-10-19-35(34)43-42(44-41)45-36-20-11-18-33-31-15-7-8-16-32(31)38-30-14-6-5-13-29(30)25-37(45)40(38)39(33)36/h3-25H,1-2H2/b26-12+. The highest BCUT2D eigenvalue weighted by Gasteiger charge is 2.23. The second-order valence-electron chi connectivity index (χ2n) is 11.5. The summed E-state index contributed by atoms with van der Waals surface area (Å²) in [6.07, 6.45) is 5.62. The Hall–Kier alpha value is -6.06. The molecular formula is C42H27N3. The van der Waals surface area contributed by atoms with E-state index in [9.17, 15) is 0 Å². The maximum Gasteiger partial charge on any atom is 0.235 e. The van der Waals surface area contributed by atoms with E-state index in [1.807, 2.05) is 18.2 Å². The molecular weight excluding hydrogens is 546 g/mol. The van der Waals surface area contributed by atoms with E-state index < -0.39 is 0 Å². The predicted molar refractivity (Wildman–Crippen MR) is 191 cm³/mol. The summed E-state index contributed by atoms with van der Waals surface area (Å²) < 4.78 is 2.27. The van der Waals surface area contributed by atoms with Crippen LogP contribution >= 0.6 is 0 Å². The van der Waals surface area contributed by atoms with Crippen LogP contribution in [-0.4, -0.2) is 14.5 Å². The van der Waals surface area contributed by atoms with Gasteiger partial charge in [0, 0.05) is 27.1 Å². The van der Waals surface area contributed by atoms with Crippen LogP contribution in [0.15, 0.2) is 153 Å². The van der Waals surface area contributed by atoms with Crippen molar-refractivity contribution in [2.24, 2.45) is 0 Å². The van der Waals surface area contributed by atoms with Crippen LogP contribution in [0.5, 0.6) is 0 Å². The summed E-state index contributed by atoms with van der Waals surface area (Å²) in [4.78, 5) is 10.6. The molecule has 9 rings (SSSR count). The van der Waals surface area contributed by atoms with Gasteiger partial charge in [0.15, 0.2) is 0 Å². The van der Waals surface area contributed by atoms with Crippen LogP contribution in [0.2, 0.25) is 0 Å². The largest absolute Gasteiger partial charge is 0.278 e. The molecule has 7 aromatic carbocycles. The summed E-state index contributed by atoms with van der Waals surface area (Å²) in [5.74, 6) is 0.662. The van der Waals surface area contributed by atoms with E-state index in [1.54, 1.807) is 6.08 Å². The van der Waals surface area contributed by atoms with Crippen molar-refractivity contribution in [3.05, 3.63) is 158 Å². The molecule has 0 N–H and O–H groups in total. The molecule has 0 unspecified atom stereocenters. The Balaban J connectivity index is 1.40. The van der Waals surface area contributed by atoms with Crippen molar-refractivity contribution in [1.29, 1.82) is 0 Å². The van der Waals surface area contributed by atoms with Gasteiger partial charge in [-0.15, -0.1) is 0 Å². The summed E-state index contributed by atoms with van der Waals surface area (Å²) >= 11 is 0. The molecule has 0 aliphatic carbocycles. The van der Waals surface area contributed by atoms with E-state index in [0.717, 1.165) is 44.3 Å². The van der Waals surface area contributed by atoms with Gasteiger partial charge in [0.2, 0.25) is 5.95 Å². The number of benzene rings is 7. The van der Waals surface area contributed by atoms with Gasteiger partial charge in [-0.25, -0.2) is 9.97 Å². The maximum absolute atomic E-state index is 5.35. The zero-order chi connectivity index (χ0) is 30.1. The minimum atomic E-state index is 0.662. The number of nitrogens with zero attached hydrogens (tertiary/aromatic N) is 3. The lowest BCUT2D eigenvalue weighted by atomic mass is 9.91. The zero-order valence-corrected chi connectivity index (χ0v) is 24.5. The molecule has 3 heteroatoms. The zero-order valence-electron chi connectivity index (χ0n) is 24.5. The number of para-hydroxylation sites is 1. The molecule has 0 saturated carbocycles. The van der Waals surface area contributed by atoms with Crippen molar-refractivity contribution in [3.63, 3.8) is 0 Å². The van der Waals surface area contributed by atoms with Gasteiger partial charge < -0.3 is 0 Å². The smallest absolute Gasteiger partial charge is 0.235 e. The van der Waals surface area contributed by atoms with E-state index in [-0.39, 0.29) is 0 Å². The van der Waals surface area contributed by atoms with E-state index >= 15 is 0 Å². The molecule has 0 spiro atoms. The SMILES string of the molecule is C=C/C=C(\C=C)c1ccc(-c2nc(-n3c4cccc5c6ccccc6c6c7ccccc7cc3c6c54)nc3ccccc23)cc1. The van der Waals surface area contributed by atoms with E-state index in [4.69, 9.17) is 9.97 Å². The van der Waals surface area contributed by atoms with Crippen LogP contribution in [0, 0.1) is 0 Å². The fourth-order valence-electron chi connectivity index (χ4n) is 7.15. The number of hydrogen-bond donors (Lipinski definition) is 0. The van der Waals surface area contributed by atoms with E-state index in [1.165, 1.54) is 43.1 Å². The molecule has 45 heavy (non-hydrogen) atoms. The first-order valence-corrected chi connectivity index (χ1v) is 15.2. The third kappa shape index (κ3) is 3.65. The molecule has 0 atom stereocenters. The average molecular weight is 574 g/mol. The second-order valence-corrected chi connectivity index (χ2v) is 11.5. The van der Waals surface area contributed by atoms with Gasteiger partial charge in [-0.05, 0) is 56.3 Å². The van der Waals surface area contributed by atoms with Crippen molar-refractivity contribution >= 4 is 70.6 Å². The molecule has 3 nitrogen and oxygen atoms in total. The fraction of sp³-hybridized carbons (Fsp3) is 0. The lowest BCUT2D eigenvalue weighted by molar-refractivity contribution is 1.01. The van der Waals surface area contributed by atoms with Gasteiger partial charge in [-0.1, -0.05) is 135 Å². The quantitative estimate of drug-likeness (QED) is 0.151. The Kier molecular flexibility index (Phi) is 5.50. The normalized spacial score (nSPS) is 12.3. The fourth-order valence-corrected chi connectivity index (χ4v) is 7.15. The Labute approximate surface area is 260 Å². The lowest BCUT2D eigenvalue weighted by Gasteiger charge is -2.13. The first-order valence-electron chi connectivity index (χ1n) is 15.2. The van der Waals surface area contributed by atoms with E-state index in [2.05, 4.69) is 133 Å². The van der Waals surface area contributed by atoms with Gasteiger partial charge in [0.05, 0.1) is 22.2 Å². The van der Waals surface area contributed by atoms with Crippen LogP contribution in [-0.2, 0) is 0 Å². The Morgan fingerprint density at radius 2 is 1.27 bits per heavy atom. The van der Waals surface area contributed by atoms with Crippen molar-refractivity contribution in [2.75, 3.05) is 0 Å². The Bertz CT molecular complexity index is 2670. The van der Waals surface area contributed by atoms with Gasteiger partial charge in [-0.3, -0.25) is 4.57 Å². The second kappa shape index (κ2) is 9.73. The van der Waals surface area contributed by atoms with Gasteiger partial charge in [0.25, 0.3) is 0 Å². The molecule has 0 fully saturated rings. The first-order chi connectivity index (χ1) is 22.2. The Morgan fingerprint density at radius 1 is 0.578 bits per heavy atom. The summed E-state index contributed by atoms with van der Waals surface area (Å²) in [5, 5.41) is 11.0. The molecule has 0 saturated heterocycles. The summed E-state index contributed by atoms with van der Waals surface area (Å²) in [6.45, 7) is 7.83. The maximum atomic E-state index is 5.35. The molecule has 2 aromatic heterocycles. The van der Waals surface area contributed by atoms with Gasteiger partial charge in [0.1, 0.15) is 0 Å². The molecule has 0 amide bonds. The summed E-state index contributed by atoms with van der Waals surface area (Å²) in [5.41, 5.74) is 7.17. The molecule has 210 valence electrons. The van der Waals surface area contributed by atoms with Crippen LogP contribution in [0.4, 0.5) is 0 Å². The molecule has 2 heterocycles. The highest BCUT2D eigenvalue weighted by atomic mass is 15.2. The Morgan fingerprint density at radius 3 is 2.07 bits per heavy atom. The third-order valence-electron chi connectivity index (χ3n) is 9.09. The van der Waals surface area contributed by atoms with Crippen molar-refractivity contribution in [3.8, 4) is 17.2 Å². The number of allylic oxidation sites excluding steroid dienone is 4. The number of rotatable bonds is 5. The van der Waals surface area contributed by atoms with Crippen molar-refractivity contribution in [1.82, 2.24) is 14.5 Å². The monoisotopic (exact) mass is 573 g/mol. The molecule has 0 aliphatic rings. The van der Waals surface area contributed by atoms with Crippen LogP contribution < -0.4 is 0 Å². The molecule has 9 aromatic rings. The van der Waals surface area contributed by atoms with E-state index in [0.29, 0.717) is 5.95 Å². The minimum Gasteiger partial charge on any atom is -0.278 e. The number of fused-ring (bicyclic) bond motifs is 6. The van der Waals surface area contributed by atoms with Crippen LogP contribution in [0.1, 0.15) is 5.56 Å². The lowest BCUT2D eigenvalue weighted by Crippen LogP contribution is -2.03. The van der Waals surface area contributed by atoms with Crippen molar-refractivity contribution in [2.45, 2.75) is 0 Å². The number of aromatic nitrogens is 3. The highest BCUT2D eigenvalue weighted by molar-refractivity contribution is 6.39. The number of hydrogen-bond acceptors (Lipinski definition) is 2. The van der Waals surface area contributed by atoms with Crippen LogP contribution in [0.25, 0.3) is 87.8 Å². The van der Waals surface area contributed by atoms with Crippen LogP contribution in [0.3, 0.4) is 0 Å². The topological polar surface area (TPSA) is 30.7 Å². The van der Waals surface area contributed by atoms with Gasteiger partial charge >= 0.3 is 0 Å². The molecule has 0 radical (unpaired) electrons. The molecule has 0 aliphatic heterocycles. The molecule has 0 bridgehead atoms. The highest BCUT2D eigenvalue weighted by Crippen LogP contribution is 2.46. The van der Waals surface area contributed by atoms with Gasteiger partial charge in [-0.2, -0.15) is 0 Å². The summed E-state index contributed by atoms with van der Waals surface area (Å²) in [7, 11) is 0. The minimum absolute atomic E-state index is 0.662. The third-order valence-corrected chi connectivity index (χ3v) is 9.09. The first kappa shape index (κ1) is 25.4.